The van der Waals surface area contributed by atoms with Crippen LogP contribution in [-0.4, -0.2) is 58.3 Å². The van der Waals surface area contributed by atoms with E-state index < -0.39 is 17.8 Å². The van der Waals surface area contributed by atoms with Crippen molar-refractivity contribution in [1.29, 1.82) is 0 Å². The molecular formula is C11H17BrFN3O3S. The lowest BCUT2D eigenvalue weighted by Crippen LogP contribution is -2.53. The standard InChI is InChI=1S/C11H17BrFN3O3S/c1-11(2)9(20-6-8(17)14-11)15-19-10(18)16(3)5-7(13)4-12/h7H,4-6H2,1-3H3,(H,14,17). The van der Waals surface area contributed by atoms with Crippen molar-refractivity contribution in [2.45, 2.75) is 25.6 Å². The summed E-state index contributed by atoms with van der Waals surface area (Å²) in [5.41, 5.74) is -0.683. The van der Waals surface area contributed by atoms with E-state index in [1.54, 1.807) is 13.8 Å². The third kappa shape index (κ3) is 4.93. The predicted octanol–water partition coefficient (Wildman–Crippen LogP) is 1.74. The third-order valence-corrected chi connectivity index (χ3v) is 4.45. The van der Waals surface area contributed by atoms with Gasteiger partial charge < -0.3 is 10.2 Å². The third-order valence-electron chi connectivity index (χ3n) is 2.48. The van der Waals surface area contributed by atoms with Crippen LogP contribution in [0, 0.1) is 0 Å². The molecule has 0 aromatic heterocycles. The number of nitrogens with one attached hydrogen (secondary N) is 1. The van der Waals surface area contributed by atoms with Crippen LogP contribution in [0.4, 0.5) is 9.18 Å². The first-order valence-electron chi connectivity index (χ1n) is 5.90. The van der Waals surface area contributed by atoms with Crippen LogP contribution in [0.25, 0.3) is 0 Å². The van der Waals surface area contributed by atoms with Gasteiger partial charge in [0.2, 0.25) is 5.91 Å². The molecule has 20 heavy (non-hydrogen) atoms. The van der Waals surface area contributed by atoms with Crippen LogP contribution in [0.1, 0.15) is 13.8 Å². The van der Waals surface area contributed by atoms with Gasteiger partial charge in [0.15, 0.2) is 0 Å². The van der Waals surface area contributed by atoms with E-state index in [4.69, 9.17) is 4.84 Å². The predicted molar refractivity (Wildman–Crippen MR) is 79.9 cm³/mol. The Labute approximate surface area is 129 Å². The van der Waals surface area contributed by atoms with Crippen LogP contribution in [-0.2, 0) is 9.63 Å². The Balaban J connectivity index is 2.58. The number of thioether (sulfide) groups is 1. The van der Waals surface area contributed by atoms with Gasteiger partial charge in [0, 0.05) is 12.4 Å². The van der Waals surface area contributed by atoms with Crippen molar-refractivity contribution in [1.82, 2.24) is 10.2 Å². The normalized spacial score (nSPS) is 21.2. The molecule has 114 valence electrons. The maximum absolute atomic E-state index is 13.1. The number of halogens is 2. The van der Waals surface area contributed by atoms with Gasteiger partial charge in [-0.05, 0) is 13.8 Å². The van der Waals surface area contributed by atoms with Crippen molar-refractivity contribution >= 4 is 44.7 Å². The minimum absolute atomic E-state index is 0.0811. The maximum atomic E-state index is 13.1. The van der Waals surface area contributed by atoms with Crippen LogP contribution >= 0.6 is 27.7 Å². The molecule has 1 atom stereocenters. The topological polar surface area (TPSA) is 71.0 Å². The molecular weight excluding hydrogens is 353 g/mol. The first kappa shape index (κ1) is 17.2. The van der Waals surface area contributed by atoms with E-state index in [0.717, 1.165) is 4.90 Å². The molecule has 1 unspecified atom stereocenters. The van der Waals surface area contributed by atoms with Crippen molar-refractivity contribution in [3.63, 3.8) is 0 Å². The zero-order chi connectivity index (χ0) is 15.3. The number of hydrogen-bond donors (Lipinski definition) is 1. The molecule has 1 saturated heterocycles. The van der Waals surface area contributed by atoms with E-state index in [1.165, 1.54) is 18.8 Å². The summed E-state index contributed by atoms with van der Waals surface area (Å²) in [4.78, 5) is 28.8. The van der Waals surface area contributed by atoms with E-state index in [2.05, 4.69) is 26.4 Å². The second-order valence-electron chi connectivity index (χ2n) is 4.85. The molecule has 1 aliphatic heterocycles. The van der Waals surface area contributed by atoms with Gasteiger partial charge in [0.1, 0.15) is 11.2 Å². The Morgan fingerprint density at radius 1 is 1.70 bits per heavy atom. The quantitative estimate of drug-likeness (QED) is 0.465. The lowest BCUT2D eigenvalue weighted by atomic mass is 10.1. The highest BCUT2D eigenvalue weighted by Gasteiger charge is 2.33. The smallest absolute Gasteiger partial charge is 0.344 e. The number of rotatable bonds is 4. The summed E-state index contributed by atoms with van der Waals surface area (Å²) in [5, 5.41) is 7.15. The van der Waals surface area contributed by atoms with Crippen LogP contribution in [0.5, 0.6) is 0 Å². The Hall–Kier alpha value is -0.830. The van der Waals surface area contributed by atoms with E-state index in [9.17, 15) is 14.0 Å². The number of nitrogens with zero attached hydrogens (tertiary/aromatic N) is 2. The summed E-state index contributed by atoms with van der Waals surface area (Å²) < 4.78 is 13.1. The van der Waals surface area contributed by atoms with Gasteiger partial charge >= 0.3 is 6.09 Å². The van der Waals surface area contributed by atoms with Gasteiger partial charge in [-0.1, -0.05) is 32.8 Å². The molecule has 1 heterocycles. The van der Waals surface area contributed by atoms with Gasteiger partial charge in [0.05, 0.1) is 17.8 Å². The second kappa shape index (κ2) is 7.26. The SMILES string of the molecule is CN(CC(F)CBr)C(=O)ON=C1SCC(=O)NC1(C)C. The highest BCUT2D eigenvalue weighted by Crippen LogP contribution is 2.22. The Bertz CT molecular complexity index is 420. The second-order valence-corrected chi connectivity index (χ2v) is 6.46. The Morgan fingerprint density at radius 3 is 2.90 bits per heavy atom. The molecule has 6 nitrogen and oxygen atoms in total. The molecule has 1 aliphatic rings. The molecule has 0 aromatic rings. The molecule has 1 fully saturated rings. The van der Waals surface area contributed by atoms with Crippen LogP contribution in [0.3, 0.4) is 0 Å². The molecule has 0 aromatic carbocycles. The fourth-order valence-corrected chi connectivity index (χ4v) is 2.51. The first-order valence-corrected chi connectivity index (χ1v) is 8.01. The first-order chi connectivity index (χ1) is 9.26. The summed E-state index contributed by atoms with van der Waals surface area (Å²) in [6, 6.07) is 0. The summed E-state index contributed by atoms with van der Waals surface area (Å²) in [6.07, 6.45) is -1.91. The molecule has 0 saturated carbocycles. The molecule has 9 heteroatoms. The van der Waals surface area contributed by atoms with Gasteiger partial charge in [-0.3, -0.25) is 9.63 Å². The molecule has 1 rings (SSSR count). The molecule has 0 bridgehead atoms. The number of oxime groups is 1. The van der Waals surface area contributed by atoms with E-state index >= 15 is 0 Å². The van der Waals surface area contributed by atoms with Gasteiger partial charge in [-0.25, -0.2) is 9.18 Å². The summed E-state index contributed by atoms with van der Waals surface area (Å²) in [5.74, 6) is 0.131. The van der Waals surface area contributed by atoms with Gasteiger partial charge in [-0.2, -0.15) is 0 Å². The van der Waals surface area contributed by atoms with E-state index in [-0.39, 0.29) is 23.5 Å². The average Bonchev–Trinajstić information content (AvgIpc) is 2.35. The molecule has 0 radical (unpaired) electrons. The monoisotopic (exact) mass is 369 g/mol. The van der Waals surface area contributed by atoms with Crippen molar-refractivity contribution in [3.05, 3.63) is 0 Å². The number of hydrogen-bond acceptors (Lipinski definition) is 5. The molecule has 0 spiro atoms. The number of amides is 2. The fourth-order valence-electron chi connectivity index (χ4n) is 1.46. The number of carbonyl (C=O) groups excluding carboxylic acids is 2. The van der Waals surface area contributed by atoms with Gasteiger partial charge in [0.25, 0.3) is 0 Å². The summed E-state index contributed by atoms with van der Waals surface area (Å²) in [7, 11) is 1.43. The summed E-state index contributed by atoms with van der Waals surface area (Å²) in [6.45, 7) is 3.44. The largest absolute Gasteiger partial charge is 0.435 e. The Kier molecular flexibility index (Phi) is 6.25. The van der Waals surface area contributed by atoms with Crippen LogP contribution in [0.2, 0.25) is 0 Å². The maximum Gasteiger partial charge on any atom is 0.435 e. The highest BCUT2D eigenvalue weighted by atomic mass is 79.9. The van der Waals surface area contributed by atoms with Crippen LogP contribution < -0.4 is 5.32 Å². The molecule has 0 aliphatic carbocycles. The fraction of sp³-hybridized carbons (Fsp3) is 0.727. The minimum atomic E-state index is -1.17. The average molecular weight is 370 g/mol. The number of carbonyl (C=O) groups is 2. The molecule has 1 N–H and O–H groups in total. The van der Waals surface area contributed by atoms with Crippen molar-refractivity contribution in [2.75, 3.05) is 24.7 Å². The van der Waals surface area contributed by atoms with Crippen molar-refractivity contribution in [3.8, 4) is 0 Å². The van der Waals surface area contributed by atoms with Gasteiger partial charge in [-0.15, -0.1) is 0 Å². The minimum Gasteiger partial charge on any atom is -0.344 e. The van der Waals surface area contributed by atoms with E-state index in [0.29, 0.717) is 5.04 Å². The summed E-state index contributed by atoms with van der Waals surface area (Å²) >= 11 is 4.20. The highest BCUT2D eigenvalue weighted by molar-refractivity contribution is 9.09. The zero-order valence-corrected chi connectivity index (χ0v) is 13.9. The van der Waals surface area contributed by atoms with E-state index in [1.807, 2.05) is 0 Å². The number of alkyl halides is 2. The van der Waals surface area contributed by atoms with Crippen molar-refractivity contribution < 1.29 is 18.8 Å². The Morgan fingerprint density at radius 2 is 2.35 bits per heavy atom. The molecule has 2 amide bonds. The lowest BCUT2D eigenvalue weighted by molar-refractivity contribution is -0.119. The van der Waals surface area contributed by atoms with Crippen LogP contribution in [0.15, 0.2) is 5.16 Å². The van der Waals surface area contributed by atoms with Crippen molar-refractivity contribution in [2.24, 2.45) is 5.16 Å². The lowest BCUT2D eigenvalue weighted by Gasteiger charge is -2.30. The zero-order valence-electron chi connectivity index (χ0n) is 11.5.